The molecule has 72 valence electrons. The summed E-state index contributed by atoms with van der Waals surface area (Å²) >= 11 is 0. The minimum atomic E-state index is 0.934. The fourth-order valence-electron chi connectivity index (χ4n) is 1.34. The summed E-state index contributed by atoms with van der Waals surface area (Å²) < 4.78 is 0. The standard InChI is InChI=1S/C11H13N3/c1-2-4-10(5-3-1)6-7-12-11-8-13-14-9-11/h1-5,8-9,12H,6-7H2,(H,13,14). The Morgan fingerprint density at radius 2 is 2.07 bits per heavy atom. The van der Waals surface area contributed by atoms with E-state index in [0.29, 0.717) is 0 Å². The van der Waals surface area contributed by atoms with Crippen LogP contribution in [0.25, 0.3) is 0 Å². The molecule has 0 aliphatic heterocycles. The third kappa shape index (κ3) is 2.36. The van der Waals surface area contributed by atoms with Gasteiger partial charge in [-0.25, -0.2) is 0 Å². The number of aromatic nitrogens is 2. The SMILES string of the molecule is c1ccc(CCNc2cn[nH]c2)cc1. The highest BCUT2D eigenvalue weighted by Gasteiger charge is 1.93. The molecular weight excluding hydrogens is 174 g/mol. The molecule has 1 heterocycles. The van der Waals surface area contributed by atoms with Crippen molar-refractivity contribution in [2.24, 2.45) is 0 Å². The molecule has 1 aromatic carbocycles. The van der Waals surface area contributed by atoms with E-state index >= 15 is 0 Å². The van der Waals surface area contributed by atoms with Crippen LogP contribution in [0.2, 0.25) is 0 Å². The first kappa shape index (κ1) is 8.81. The lowest BCUT2D eigenvalue weighted by atomic mass is 10.1. The molecule has 0 atom stereocenters. The molecule has 0 spiro atoms. The summed E-state index contributed by atoms with van der Waals surface area (Å²) in [5.41, 5.74) is 2.39. The molecule has 0 saturated heterocycles. The maximum Gasteiger partial charge on any atom is 0.0723 e. The van der Waals surface area contributed by atoms with Crippen molar-refractivity contribution in [3.8, 4) is 0 Å². The van der Waals surface area contributed by atoms with Crippen LogP contribution in [0.3, 0.4) is 0 Å². The van der Waals surface area contributed by atoms with Gasteiger partial charge in [0.1, 0.15) is 0 Å². The molecule has 0 aliphatic rings. The number of hydrogen-bond donors (Lipinski definition) is 2. The van der Waals surface area contributed by atoms with E-state index in [1.54, 1.807) is 6.20 Å². The second-order valence-electron chi connectivity index (χ2n) is 3.15. The van der Waals surface area contributed by atoms with Crippen LogP contribution in [0.5, 0.6) is 0 Å². The molecule has 2 aromatic rings. The lowest BCUT2D eigenvalue weighted by Gasteiger charge is -2.02. The van der Waals surface area contributed by atoms with Gasteiger partial charge in [-0.15, -0.1) is 0 Å². The molecular formula is C11H13N3. The number of hydrogen-bond acceptors (Lipinski definition) is 2. The summed E-state index contributed by atoms with van der Waals surface area (Å²) in [7, 11) is 0. The van der Waals surface area contributed by atoms with Gasteiger partial charge in [-0.1, -0.05) is 30.3 Å². The summed E-state index contributed by atoms with van der Waals surface area (Å²) in [6, 6.07) is 10.4. The first-order chi connectivity index (χ1) is 6.95. The van der Waals surface area contributed by atoms with Gasteiger partial charge in [-0.2, -0.15) is 5.10 Å². The van der Waals surface area contributed by atoms with Crippen LogP contribution in [-0.4, -0.2) is 16.7 Å². The molecule has 0 bridgehead atoms. The van der Waals surface area contributed by atoms with E-state index in [2.05, 4.69) is 39.8 Å². The van der Waals surface area contributed by atoms with Crippen molar-refractivity contribution >= 4 is 5.69 Å². The number of benzene rings is 1. The van der Waals surface area contributed by atoms with Crippen LogP contribution in [0, 0.1) is 0 Å². The third-order valence-corrected chi connectivity index (χ3v) is 2.08. The Morgan fingerprint density at radius 1 is 1.21 bits per heavy atom. The summed E-state index contributed by atoms with van der Waals surface area (Å²) in [6.07, 6.45) is 4.67. The molecule has 0 radical (unpaired) electrons. The Morgan fingerprint density at radius 3 is 2.79 bits per heavy atom. The maximum atomic E-state index is 3.86. The predicted molar refractivity (Wildman–Crippen MR) is 57.2 cm³/mol. The van der Waals surface area contributed by atoms with Gasteiger partial charge in [-0.05, 0) is 12.0 Å². The van der Waals surface area contributed by atoms with E-state index in [1.165, 1.54) is 5.56 Å². The lowest BCUT2D eigenvalue weighted by Crippen LogP contribution is -2.03. The quantitative estimate of drug-likeness (QED) is 0.769. The van der Waals surface area contributed by atoms with Crippen molar-refractivity contribution in [1.29, 1.82) is 0 Å². The molecule has 3 heteroatoms. The smallest absolute Gasteiger partial charge is 0.0723 e. The van der Waals surface area contributed by atoms with Crippen LogP contribution < -0.4 is 5.32 Å². The highest BCUT2D eigenvalue weighted by molar-refractivity contribution is 5.37. The molecule has 0 saturated carbocycles. The number of rotatable bonds is 4. The highest BCUT2D eigenvalue weighted by Crippen LogP contribution is 2.03. The monoisotopic (exact) mass is 187 g/mol. The Bertz CT molecular complexity index is 353. The minimum Gasteiger partial charge on any atom is -0.382 e. The molecule has 1 aromatic heterocycles. The molecule has 3 nitrogen and oxygen atoms in total. The second-order valence-corrected chi connectivity index (χ2v) is 3.15. The molecule has 14 heavy (non-hydrogen) atoms. The first-order valence-corrected chi connectivity index (χ1v) is 4.72. The van der Waals surface area contributed by atoms with Gasteiger partial charge < -0.3 is 5.32 Å². The minimum absolute atomic E-state index is 0.934. The van der Waals surface area contributed by atoms with Crippen LogP contribution in [0.15, 0.2) is 42.7 Å². The van der Waals surface area contributed by atoms with Crippen LogP contribution in [0.4, 0.5) is 5.69 Å². The Hall–Kier alpha value is -1.77. The zero-order valence-corrected chi connectivity index (χ0v) is 7.90. The third-order valence-electron chi connectivity index (χ3n) is 2.08. The highest BCUT2D eigenvalue weighted by atomic mass is 15.1. The number of aromatic amines is 1. The number of nitrogens with zero attached hydrogens (tertiary/aromatic N) is 1. The Kier molecular flexibility index (Phi) is 2.81. The van der Waals surface area contributed by atoms with Gasteiger partial charge in [0, 0.05) is 12.7 Å². The number of anilines is 1. The summed E-state index contributed by atoms with van der Waals surface area (Å²) in [6.45, 7) is 0.934. The molecule has 2 rings (SSSR count). The Balaban J connectivity index is 1.79. The summed E-state index contributed by atoms with van der Waals surface area (Å²) in [5.74, 6) is 0. The van der Waals surface area contributed by atoms with Crippen molar-refractivity contribution in [3.05, 3.63) is 48.3 Å². The number of H-pyrrole nitrogens is 1. The predicted octanol–water partition coefficient (Wildman–Crippen LogP) is 2.06. The fraction of sp³-hybridized carbons (Fsp3) is 0.182. The molecule has 0 unspecified atom stereocenters. The molecule has 2 N–H and O–H groups in total. The largest absolute Gasteiger partial charge is 0.382 e. The zero-order valence-electron chi connectivity index (χ0n) is 7.90. The average Bonchev–Trinajstić information content (AvgIpc) is 2.72. The van der Waals surface area contributed by atoms with Gasteiger partial charge in [0.2, 0.25) is 0 Å². The summed E-state index contributed by atoms with van der Waals surface area (Å²) in [4.78, 5) is 0. The van der Waals surface area contributed by atoms with E-state index < -0.39 is 0 Å². The lowest BCUT2D eigenvalue weighted by molar-refractivity contribution is 1.02. The van der Waals surface area contributed by atoms with Crippen LogP contribution in [0.1, 0.15) is 5.56 Å². The van der Waals surface area contributed by atoms with Crippen molar-refractivity contribution in [2.45, 2.75) is 6.42 Å². The van der Waals surface area contributed by atoms with Gasteiger partial charge in [0.15, 0.2) is 0 Å². The van der Waals surface area contributed by atoms with Crippen molar-refractivity contribution < 1.29 is 0 Å². The van der Waals surface area contributed by atoms with Gasteiger partial charge in [0.05, 0.1) is 11.9 Å². The zero-order chi connectivity index (χ0) is 9.64. The Labute approximate surface area is 83.2 Å². The van der Waals surface area contributed by atoms with E-state index in [9.17, 15) is 0 Å². The van der Waals surface area contributed by atoms with E-state index in [-0.39, 0.29) is 0 Å². The molecule has 0 aliphatic carbocycles. The van der Waals surface area contributed by atoms with Crippen molar-refractivity contribution in [1.82, 2.24) is 10.2 Å². The molecule has 0 fully saturated rings. The van der Waals surface area contributed by atoms with Gasteiger partial charge in [0.25, 0.3) is 0 Å². The second kappa shape index (κ2) is 4.46. The topological polar surface area (TPSA) is 40.7 Å². The average molecular weight is 187 g/mol. The van der Waals surface area contributed by atoms with E-state index in [4.69, 9.17) is 0 Å². The number of nitrogens with one attached hydrogen (secondary N) is 2. The van der Waals surface area contributed by atoms with Gasteiger partial charge in [-0.3, -0.25) is 5.10 Å². The first-order valence-electron chi connectivity index (χ1n) is 4.72. The normalized spacial score (nSPS) is 10.0. The van der Waals surface area contributed by atoms with E-state index in [0.717, 1.165) is 18.7 Å². The maximum absolute atomic E-state index is 3.86. The van der Waals surface area contributed by atoms with Gasteiger partial charge >= 0.3 is 0 Å². The van der Waals surface area contributed by atoms with Crippen LogP contribution >= 0.6 is 0 Å². The van der Waals surface area contributed by atoms with E-state index in [1.807, 2.05) is 12.3 Å². The van der Waals surface area contributed by atoms with Crippen LogP contribution in [-0.2, 0) is 6.42 Å². The fourth-order valence-corrected chi connectivity index (χ4v) is 1.34. The van der Waals surface area contributed by atoms with Crippen molar-refractivity contribution in [2.75, 3.05) is 11.9 Å². The van der Waals surface area contributed by atoms with Crippen molar-refractivity contribution in [3.63, 3.8) is 0 Å². The summed E-state index contributed by atoms with van der Waals surface area (Å²) in [5, 5.41) is 9.91. The molecule has 0 amide bonds.